The second-order valence-corrected chi connectivity index (χ2v) is 5.07. The van der Waals surface area contributed by atoms with Gasteiger partial charge < -0.3 is 5.32 Å². The SMILES string of the molecule is CCc1cccnc1CNc1ncnc2sccc12. The molecule has 1 N–H and O–H groups in total. The van der Waals surface area contributed by atoms with Gasteiger partial charge in [-0.05, 0) is 29.5 Å². The number of hydrogen-bond acceptors (Lipinski definition) is 5. The van der Waals surface area contributed by atoms with Crippen LogP contribution in [0.15, 0.2) is 36.1 Å². The van der Waals surface area contributed by atoms with Crippen LogP contribution in [-0.4, -0.2) is 15.0 Å². The smallest absolute Gasteiger partial charge is 0.138 e. The molecule has 0 atom stereocenters. The van der Waals surface area contributed by atoms with Gasteiger partial charge in [-0.15, -0.1) is 11.3 Å². The number of aryl methyl sites for hydroxylation is 1. The maximum absolute atomic E-state index is 4.43. The third kappa shape index (κ3) is 2.42. The number of fused-ring (bicyclic) bond motifs is 1. The van der Waals surface area contributed by atoms with E-state index in [1.54, 1.807) is 17.7 Å². The second kappa shape index (κ2) is 5.32. The lowest BCUT2D eigenvalue weighted by Gasteiger charge is -2.09. The topological polar surface area (TPSA) is 50.7 Å². The zero-order valence-electron chi connectivity index (χ0n) is 10.6. The van der Waals surface area contributed by atoms with Crippen molar-refractivity contribution in [2.24, 2.45) is 0 Å². The molecule has 0 radical (unpaired) electrons. The minimum Gasteiger partial charge on any atom is -0.364 e. The van der Waals surface area contributed by atoms with Crippen LogP contribution in [0.2, 0.25) is 0 Å². The van der Waals surface area contributed by atoms with Crippen LogP contribution in [0.1, 0.15) is 18.2 Å². The molecule has 0 aliphatic heterocycles. The fourth-order valence-corrected chi connectivity index (χ4v) is 2.78. The number of nitrogens with one attached hydrogen (secondary N) is 1. The van der Waals surface area contributed by atoms with Crippen molar-refractivity contribution >= 4 is 27.4 Å². The highest BCUT2D eigenvalue weighted by molar-refractivity contribution is 7.16. The van der Waals surface area contributed by atoms with E-state index in [9.17, 15) is 0 Å². The van der Waals surface area contributed by atoms with Gasteiger partial charge in [0.05, 0.1) is 17.6 Å². The summed E-state index contributed by atoms with van der Waals surface area (Å²) in [5, 5.41) is 6.46. The van der Waals surface area contributed by atoms with Crippen LogP contribution in [0.3, 0.4) is 0 Å². The standard InChI is InChI=1S/C14H14N4S/c1-2-10-4-3-6-15-12(10)8-16-13-11-5-7-19-14(11)18-9-17-13/h3-7,9H,2,8H2,1H3,(H,16,17,18). The zero-order chi connectivity index (χ0) is 13.1. The summed E-state index contributed by atoms with van der Waals surface area (Å²) in [5.74, 6) is 0.874. The average molecular weight is 270 g/mol. The third-order valence-electron chi connectivity index (χ3n) is 3.05. The molecule has 4 nitrogen and oxygen atoms in total. The molecule has 96 valence electrons. The Bertz CT molecular complexity index is 692. The summed E-state index contributed by atoms with van der Waals surface area (Å²) in [7, 11) is 0. The number of aromatic nitrogens is 3. The number of rotatable bonds is 4. The van der Waals surface area contributed by atoms with Gasteiger partial charge >= 0.3 is 0 Å². The fraction of sp³-hybridized carbons (Fsp3) is 0.214. The van der Waals surface area contributed by atoms with Crippen LogP contribution < -0.4 is 5.32 Å². The molecule has 0 amide bonds. The Hall–Kier alpha value is -2.01. The molecule has 3 heterocycles. The summed E-state index contributed by atoms with van der Waals surface area (Å²) in [5.41, 5.74) is 2.35. The Morgan fingerprint density at radius 3 is 3.05 bits per heavy atom. The molecular formula is C14H14N4S. The lowest BCUT2D eigenvalue weighted by Crippen LogP contribution is -2.06. The molecule has 0 unspecified atom stereocenters. The number of anilines is 1. The van der Waals surface area contributed by atoms with Gasteiger partial charge in [-0.1, -0.05) is 13.0 Å². The Balaban J connectivity index is 1.84. The van der Waals surface area contributed by atoms with E-state index in [1.807, 2.05) is 23.7 Å². The first-order valence-electron chi connectivity index (χ1n) is 6.23. The number of nitrogens with zero attached hydrogens (tertiary/aromatic N) is 3. The summed E-state index contributed by atoms with van der Waals surface area (Å²) in [6.07, 6.45) is 4.42. The zero-order valence-corrected chi connectivity index (χ0v) is 11.4. The van der Waals surface area contributed by atoms with Gasteiger partial charge in [0, 0.05) is 6.20 Å². The minimum absolute atomic E-state index is 0.686. The Morgan fingerprint density at radius 2 is 2.16 bits per heavy atom. The third-order valence-corrected chi connectivity index (χ3v) is 3.87. The monoisotopic (exact) mass is 270 g/mol. The number of thiophene rings is 1. The highest BCUT2D eigenvalue weighted by Crippen LogP contribution is 2.24. The van der Waals surface area contributed by atoms with E-state index in [4.69, 9.17) is 0 Å². The van der Waals surface area contributed by atoms with Crippen molar-refractivity contribution in [3.63, 3.8) is 0 Å². The van der Waals surface area contributed by atoms with Gasteiger partial charge in [0.15, 0.2) is 0 Å². The van der Waals surface area contributed by atoms with E-state index in [0.717, 1.165) is 28.1 Å². The lowest BCUT2D eigenvalue weighted by molar-refractivity contribution is 0.965. The summed E-state index contributed by atoms with van der Waals surface area (Å²) >= 11 is 1.62. The summed E-state index contributed by atoms with van der Waals surface area (Å²) in [6, 6.07) is 6.13. The van der Waals surface area contributed by atoms with Crippen LogP contribution in [0.4, 0.5) is 5.82 Å². The van der Waals surface area contributed by atoms with Gasteiger partial charge in [-0.3, -0.25) is 4.98 Å². The summed E-state index contributed by atoms with van der Waals surface area (Å²) in [6.45, 7) is 2.83. The average Bonchev–Trinajstić information content (AvgIpc) is 2.94. The highest BCUT2D eigenvalue weighted by Gasteiger charge is 2.06. The van der Waals surface area contributed by atoms with E-state index < -0.39 is 0 Å². The van der Waals surface area contributed by atoms with E-state index in [0.29, 0.717) is 6.54 Å². The molecule has 0 bridgehead atoms. The first-order chi connectivity index (χ1) is 9.38. The fourth-order valence-electron chi connectivity index (χ4n) is 2.05. The van der Waals surface area contributed by atoms with E-state index in [-0.39, 0.29) is 0 Å². The normalized spacial score (nSPS) is 10.8. The van der Waals surface area contributed by atoms with Crippen molar-refractivity contribution in [3.8, 4) is 0 Å². The van der Waals surface area contributed by atoms with Crippen molar-refractivity contribution < 1.29 is 0 Å². The molecule has 0 aliphatic carbocycles. The second-order valence-electron chi connectivity index (χ2n) is 4.18. The molecule has 0 saturated heterocycles. The predicted octanol–water partition coefficient (Wildman–Crippen LogP) is 3.26. The van der Waals surface area contributed by atoms with Crippen molar-refractivity contribution in [1.29, 1.82) is 0 Å². The first-order valence-corrected chi connectivity index (χ1v) is 7.11. The molecule has 0 saturated carbocycles. The van der Waals surface area contributed by atoms with Gasteiger partial charge in [-0.25, -0.2) is 9.97 Å². The Labute approximate surface area is 115 Å². The van der Waals surface area contributed by atoms with Crippen LogP contribution in [-0.2, 0) is 13.0 Å². The van der Waals surface area contributed by atoms with E-state index >= 15 is 0 Å². The van der Waals surface area contributed by atoms with Crippen molar-refractivity contribution in [2.75, 3.05) is 5.32 Å². The Kier molecular flexibility index (Phi) is 3.37. The van der Waals surface area contributed by atoms with E-state index in [1.165, 1.54) is 5.56 Å². The van der Waals surface area contributed by atoms with Gasteiger partial charge in [-0.2, -0.15) is 0 Å². The molecule has 5 heteroatoms. The van der Waals surface area contributed by atoms with Crippen molar-refractivity contribution in [3.05, 3.63) is 47.4 Å². The van der Waals surface area contributed by atoms with Crippen LogP contribution in [0.25, 0.3) is 10.2 Å². The Morgan fingerprint density at radius 1 is 1.21 bits per heavy atom. The summed E-state index contributed by atoms with van der Waals surface area (Å²) < 4.78 is 0. The maximum Gasteiger partial charge on any atom is 0.138 e. The quantitative estimate of drug-likeness (QED) is 0.790. The molecule has 0 spiro atoms. The van der Waals surface area contributed by atoms with E-state index in [2.05, 4.69) is 33.3 Å². The molecule has 3 aromatic heterocycles. The molecule has 3 aromatic rings. The molecule has 19 heavy (non-hydrogen) atoms. The first kappa shape index (κ1) is 12.0. The van der Waals surface area contributed by atoms with Crippen molar-refractivity contribution in [1.82, 2.24) is 15.0 Å². The largest absolute Gasteiger partial charge is 0.364 e. The van der Waals surface area contributed by atoms with Gasteiger partial charge in [0.1, 0.15) is 17.0 Å². The van der Waals surface area contributed by atoms with Crippen LogP contribution in [0, 0.1) is 0 Å². The van der Waals surface area contributed by atoms with Crippen LogP contribution in [0.5, 0.6) is 0 Å². The van der Waals surface area contributed by atoms with Gasteiger partial charge in [0.25, 0.3) is 0 Å². The van der Waals surface area contributed by atoms with Crippen LogP contribution >= 0.6 is 11.3 Å². The molecule has 3 rings (SSSR count). The lowest BCUT2D eigenvalue weighted by atomic mass is 10.1. The maximum atomic E-state index is 4.43. The molecular weight excluding hydrogens is 256 g/mol. The summed E-state index contributed by atoms with van der Waals surface area (Å²) in [4.78, 5) is 14.0. The van der Waals surface area contributed by atoms with Gasteiger partial charge in [0.2, 0.25) is 0 Å². The molecule has 0 fully saturated rings. The van der Waals surface area contributed by atoms with Crippen molar-refractivity contribution in [2.45, 2.75) is 19.9 Å². The number of pyridine rings is 1. The minimum atomic E-state index is 0.686. The highest BCUT2D eigenvalue weighted by atomic mass is 32.1. The predicted molar refractivity (Wildman–Crippen MR) is 78.4 cm³/mol. The number of hydrogen-bond donors (Lipinski definition) is 1. The molecule has 0 aromatic carbocycles. The molecule has 0 aliphatic rings.